The molecule has 3 nitrogen and oxygen atoms in total. The van der Waals surface area contributed by atoms with Gasteiger partial charge in [0.25, 0.3) is 0 Å². The molecule has 0 aliphatic heterocycles. The molecule has 19 heavy (non-hydrogen) atoms. The molecule has 1 aromatic rings. The molecule has 0 amide bonds. The number of halogens is 1. The fourth-order valence-corrected chi connectivity index (χ4v) is 1.92. The molecule has 0 aromatic carbocycles. The van der Waals surface area contributed by atoms with Crippen molar-refractivity contribution in [2.75, 3.05) is 13.2 Å². The molecule has 0 saturated heterocycles. The first kappa shape index (κ1) is 16.2. The first-order valence-corrected chi connectivity index (χ1v) is 7.40. The SMILES string of the molecule is C=C(C)CCOc1ncc(Br)cc1CNCC(C)C. The van der Waals surface area contributed by atoms with Crippen molar-refractivity contribution < 1.29 is 4.74 Å². The summed E-state index contributed by atoms with van der Waals surface area (Å²) in [5.74, 6) is 1.34. The van der Waals surface area contributed by atoms with Crippen LogP contribution in [0.5, 0.6) is 5.88 Å². The van der Waals surface area contributed by atoms with Crippen molar-refractivity contribution >= 4 is 15.9 Å². The van der Waals surface area contributed by atoms with Gasteiger partial charge in [-0.05, 0) is 41.4 Å². The van der Waals surface area contributed by atoms with Gasteiger partial charge in [0.1, 0.15) is 0 Å². The number of aromatic nitrogens is 1. The third-order valence-corrected chi connectivity index (χ3v) is 2.96. The van der Waals surface area contributed by atoms with Crippen LogP contribution in [0.3, 0.4) is 0 Å². The normalized spacial score (nSPS) is 10.8. The lowest BCUT2D eigenvalue weighted by Crippen LogP contribution is -2.19. The Kier molecular flexibility index (Phi) is 7.10. The Balaban J connectivity index is 2.60. The minimum absolute atomic E-state index is 0.626. The van der Waals surface area contributed by atoms with Gasteiger partial charge in [-0.3, -0.25) is 0 Å². The molecule has 106 valence electrons. The predicted molar refractivity (Wildman–Crippen MR) is 83.4 cm³/mol. The van der Waals surface area contributed by atoms with Gasteiger partial charge in [0, 0.05) is 29.2 Å². The lowest BCUT2D eigenvalue weighted by atomic mass is 10.2. The Morgan fingerprint density at radius 1 is 1.53 bits per heavy atom. The fourth-order valence-electron chi connectivity index (χ4n) is 1.54. The summed E-state index contributed by atoms with van der Waals surface area (Å²) < 4.78 is 6.70. The van der Waals surface area contributed by atoms with E-state index in [1.165, 1.54) is 0 Å². The zero-order valence-electron chi connectivity index (χ0n) is 12.0. The van der Waals surface area contributed by atoms with Crippen molar-refractivity contribution in [3.05, 3.63) is 34.5 Å². The van der Waals surface area contributed by atoms with Crippen molar-refractivity contribution in [1.29, 1.82) is 0 Å². The van der Waals surface area contributed by atoms with Crippen molar-refractivity contribution in [1.82, 2.24) is 10.3 Å². The third-order valence-electron chi connectivity index (χ3n) is 2.53. The average Bonchev–Trinajstić information content (AvgIpc) is 2.31. The minimum atomic E-state index is 0.626. The highest BCUT2D eigenvalue weighted by molar-refractivity contribution is 9.10. The first-order valence-electron chi connectivity index (χ1n) is 6.61. The minimum Gasteiger partial charge on any atom is -0.477 e. The van der Waals surface area contributed by atoms with E-state index in [1.54, 1.807) is 6.20 Å². The molecular formula is C15H23BrN2O. The molecule has 0 fully saturated rings. The molecule has 0 spiro atoms. The number of pyridine rings is 1. The van der Waals surface area contributed by atoms with E-state index >= 15 is 0 Å². The van der Waals surface area contributed by atoms with E-state index in [4.69, 9.17) is 4.74 Å². The highest BCUT2D eigenvalue weighted by atomic mass is 79.9. The molecule has 0 aliphatic rings. The van der Waals surface area contributed by atoms with E-state index in [0.29, 0.717) is 18.4 Å². The number of hydrogen-bond donors (Lipinski definition) is 1. The van der Waals surface area contributed by atoms with Gasteiger partial charge in [-0.25, -0.2) is 4.98 Å². The van der Waals surface area contributed by atoms with E-state index in [0.717, 1.165) is 35.1 Å². The van der Waals surface area contributed by atoms with Crippen LogP contribution in [-0.2, 0) is 6.54 Å². The standard InChI is InChI=1S/C15H23BrN2O/c1-11(2)5-6-19-15-13(7-14(16)10-18-15)9-17-8-12(3)4/h7,10,12,17H,1,5-6,8-9H2,2-4H3. The van der Waals surface area contributed by atoms with Crippen LogP contribution in [-0.4, -0.2) is 18.1 Å². The second-order valence-electron chi connectivity index (χ2n) is 5.20. The maximum Gasteiger partial charge on any atom is 0.217 e. The number of nitrogens with one attached hydrogen (secondary N) is 1. The van der Waals surface area contributed by atoms with Gasteiger partial charge >= 0.3 is 0 Å². The Bertz CT molecular complexity index is 419. The van der Waals surface area contributed by atoms with Gasteiger partial charge in [-0.2, -0.15) is 0 Å². The predicted octanol–water partition coefficient (Wildman–Crippen LogP) is 3.93. The Hall–Kier alpha value is -0.870. The van der Waals surface area contributed by atoms with Gasteiger partial charge in [0.2, 0.25) is 5.88 Å². The number of hydrogen-bond acceptors (Lipinski definition) is 3. The van der Waals surface area contributed by atoms with Gasteiger partial charge in [-0.1, -0.05) is 19.4 Å². The summed E-state index contributed by atoms with van der Waals surface area (Å²) in [6, 6.07) is 2.05. The molecular weight excluding hydrogens is 304 g/mol. The highest BCUT2D eigenvalue weighted by Gasteiger charge is 2.07. The summed E-state index contributed by atoms with van der Waals surface area (Å²) in [6.07, 6.45) is 2.62. The zero-order chi connectivity index (χ0) is 14.3. The molecule has 4 heteroatoms. The molecule has 0 bridgehead atoms. The summed E-state index contributed by atoms with van der Waals surface area (Å²) in [5, 5.41) is 3.41. The van der Waals surface area contributed by atoms with Crippen LogP contribution in [0, 0.1) is 5.92 Å². The Labute approximate surface area is 124 Å². The second kappa shape index (κ2) is 8.33. The van der Waals surface area contributed by atoms with Crippen LogP contribution in [0.1, 0.15) is 32.8 Å². The largest absolute Gasteiger partial charge is 0.477 e. The van der Waals surface area contributed by atoms with Crippen LogP contribution in [0.4, 0.5) is 0 Å². The smallest absolute Gasteiger partial charge is 0.217 e. The van der Waals surface area contributed by atoms with Crippen LogP contribution in [0.25, 0.3) is 0 Å². The molecule has 0 atom stereocenters. The van der Waals surface area contributed by atoms with E-state index in [9.17, 15) is 0 Å². The summed E-state index contributed by atoms with van der Waals surface area (Å²) in [6.45, 7) is 12.6. The lowest BCUT2D eigenvalue weighted by Gasteiger charge is -2.12. The van der Waals surface area contributed by atoms with Crippen LogP contribution in [0.15, 0.2) is 28.9 Å². The topological polar surface area (TPSA) is 34.1 Å². The van der Waals surface area contributed by atoms with Crippen molar-refractivity contribution in [2.24, 2.45) is 5.92 Å². The maximum absolute atomic E-state index is 5.73. The van der Waals surface area contributed by atoms with E-state index in [2.05, 4.69) is 52.7 Å². The second-order valence-corrected chi connectivity index (χ2v) is 6.11. The van der Waals surface area contributed by atoms with Crippen molar-refractivity contribution in [2.45, 2.75) is 33.7 Å². The summed E-state index contributed by atoms with van der Waals surface area (Å²) in [5.41, 5.74) is 2.20. The molecule has 1 heterocycles. The van der Waals surface area contributed by atoms with Gasteiger partial charge in [0.05, 0.1) is 6.61 Å². The molecule has 1 rings (SSSR count). The quantitative estimate of drug-likeness (QED) is 0.735. The summed E-state index contributed by atoms with van der Waals surface area (Å²) in [7, 11) is 0. The van der Waals surface area contributed by atoms with Crippen LogP contribution in [0.2, 0.25) is 0 Å². The van der Waals surface area contributed by atoms with Gasteiger partial charge in [0.15, 0.2) is 0 Å². The fraction of sp³-hybridized carbons (Fsp3) is 0.533. The van der Waals surface area contributed by atoms with Crippen LogP contribution < -0.4 is 10.1 Å². The highest BCUT2D eigenvalue weighted by Crippen LogP contribution is 2.20. The number of nitrogens with zero attached hydrogens (tertiary/aromatic N) is 1. The van der Waals surface area contributed by atoms with Gasteiger partial charge < -0.3 is 10.1 Å². The number of rotatable bonds is 8. The Morgan fingerprint density at radius 2 is 2.26 bits per heavy atom. The summed E-state index contributed by atoms with van der Waals surface area (Å²) in [4.78, 5) is 4.33. The van der Waals surface area contributed by atoms with E-state index < -0.39 is 0 Å². The molecule has 0 aliphatic carbocycles. The maximum atomic E-state index is 5.73. The first-order chi connectivity index (χ1) is 8.99. The van der Waals surface area contributed by atoms with E-state index in [1.807, 2.05) is 6.92 Å². The van der Waals surface area contributed by atoms with Gasteiger partial charge in [-0.15, -0.1) is 6.58 Å². The molecule has 0 radical (unpaired) electrons. The van der Waals surface area contributed by atoms with Crippen molar-refractivity contribution in [3.63, 3.8) is 0 Å². The summed E-state index contributed by atoms with van der Waals surface area (Å²) >= 11 is 3.45. The number of ether oxygens (including phenoxy) is 1. The average molecular weight is 327 g/mol. The van der Waals surface area contributed by atoms with Crippen molar-refractivity contribution in [3.8, 4) is 5.88 Å². The molecule has 1 aromatic heterocycles. The monoisotopic (exact) mass is 326 g/mol. The molecule has 0 saturated carbocycles. The third kappa shape index (κ3) is 6.73. The molecule has 1 N–H and O–H groups in total. The Morgan fingerprint density at radius 3 is 2.89 bits per heavy atom. The lowest BCUT2D eigenvalue weighted by molar-refractivity contribution is 0.304. The van der Waals surface area contributed by atoms with E-state index in [-0.39, 0.29) is 0 Å². The van der Waals surface area contributed by atoms with Crippen LogP contribution >= 0.6 is 15.9 Å². The zero-order valence-corrected chi connectivity index (χ0v) is 13.6. The molecule has 0 unspecified atom stereocenters.